The highest BCUT2D eigenvalue weighted by atomic mass is 35.5. The molecule has 2 aromatic carbocycles. The van der Waals surface area contributed by atoms with Crippen molar-refractivity contribution in [2.75, 3.05) is 11.5 Å². The van der Waals surface area contributed by atoms with Gasteiger partial charge in [-0.25, -0.2) is 0 Å². The first-order valence-corrected chi connectivity index (χ1v) is 7.44. The summed E-state index contributed by atoms with van der Waals surface area (Å²) in [7, 11) is -3.96. The minimum atomic E-state index is -3.96. The Morgan fingerprint density at radius 2 is 1.75 bits per heavy atom. The van der Waals surface area contributed by atoms with Gasteiger partial charge in [-0.05, 0) is 36.8 Å². The van der Waals surface area contributed by atoms with E-state index in [2.05, 4.69) is 0 Å². The number of benzene rings is 2. The summed E-state index contributed by atoms with van der Waals surface area (Å²) in [5.74, 6) is 0.0911. The number of aryl methyl sites for hydroxylation is 1. The van der Waals surface area contributed by atoms with Crippen LogP contribution in [0.3, 0.4) is 0 Å². The fourth-order valence-corrected chi connectivity index (χ4v) is 2.70. The molecule has 2 aromatic rings. The van der Waals surface area contributed by atoms with Crippen molar-refractivity contribution in [2.24, 2.45) is 0 Å². The summed E-state index contributed by atoms with van der Waals surface area (Å²) >= 11 is 5.91. The molecule has 0 aromatic heterocycles. The van der Waals surface area contributed by atoms with Gasteiger partial charge in [-0.15, -0.1) is 0 Å². The largest absolute Gasteiger partial charge is 0.397 e. The maximum atomic E-state index is 12.1. The van der Waals surface area contributed by atoms with Crippen LogP contribution < -0.4 is 15.7 Å². The van der Waals surface area contributed by atoms with Crippen molar-refractivity contribution in [1.29, 1.82) is 0 Å². The number of halogens is 1. The van der Waals surface area contributed by atoms with Crippen LogP contribution >= 0.6 is 11.6 Å². The Hall–Kier alpha value is -1.92. The lowest BCUT2D eigenvalue weighted by atomic mass is 10.2. The van der Waals surface area contributed by atoms with Crippen molar-refractivity contribution in [3.63, 3.8) is 0 Å². The summed E-state index contributed by atoms with van der Waals surface area (Å²) in [6, 6.07) is 8.63. The Morgan fingerprint density at radius 1 is 1.05 bits per heavy atom. The predicted molar refractivity (Wildman–Crippen MR) is 79.3 cm³/mol. The molecule has 0 aliphatic rings. The fraction of sp³-hybridized carbons (Fsp3) is 0.0769. The van der Waals surface area contributed by atoms with Gasteiger partial charge >= 0.3 is 10.1 Å². The maximum Gasteiger partial charge on any atom is 0.339 e. The van der Waals surface area contributed by atoms with Gasteiger partial charge in [-0.1, -0.05) is 17.7 Å². The lowest BCUT2D eigenvalue weighted by Crippen LogP contribution is -2.10. The van der Waals surface area contributed by atoms with Crippen LogP contribution in [0, 0.1) is 6.92 Å². The van der Waals surface area contributed by atoms with Crippen molar-refractivity contribution < 1.29 is 12.6 Å². The van der Waals surface area contributed by atoms with Crippen LogP contribution in [0.1, 0.15) is 5.56 Å². The van der Waals surface area contributed by atoms with Gasteiger partial charge in [0.1, 0.15) is 10.6 Å². The molecule has 20 heavy (non-hydrogen) atoms. The van der Waals surface area contributed by atoms with Crippen molar-refractivity contribution in [3.8, 4) is 5.75 Å². The summed E-state index contributed by atoms with van der Waals surface area (Å²) in [5.41, 5.74) is 12.5. The molecule has 0 spiro atoms. The average molecular weight is 313 g/mol. The number of nitrogens with two attached hydrogens (primary N) is 2. The van der Waals surface area contributed by atoms with Crippen LogP contribution in [0.2, 0.25) is 5.02 Å². The molecule has 0 radical (unpaired) electrons. The Kier molecular flexibility index (Phi) is 3.78. The number of hydrogen-bond acceptors (Lipinski definition) is 5. The number of nitrogen functional groups attached to an aromatic ring is 2. The molecule has 2 rings (SSSR count). The zero-order valence-electron chi connectivity index (χ0n) is 10.6. The molecule has 0 saturated heterocycles. The Bertz CT molecular complexity index is 760. The third kappa shape index (κ3) is 2.97. The number of rotatable bonds is 3. The van der Waals surface area contributed by atoms with E-state index in [-0.39, 0.29) is 16.3 Å². The SMILES string of the molecule is Cc1ccc(S(=O)(=O)Oc2ccc(N)c(N)c2)cc1Cl. The molecular weight excluding hydrogens is 300 g/mol. The van der Waals surface area contributed by atoms with E-state index in [1.807, 2.05) is 0 Å². The third-order valence-electron chi connectivity index (χ3n) is 2.70. The fourth-order valence-electron chi connectivity index (χ4n) is 1.51. The molecule has 0 heterocycles. The lowest BCUT2D eigenvalue weighted by molar-refractivity contribution is 0.486. The van der Waals surface area contributed by atoms with E-state index in [0.717, 1.165) is 5.56 Å². The van der Waals surface area contributed by atoms with E-state index in [1.54, 1.807) is 13.0 Å². The molecule has 0 amide bonds. The molecule has 0 unspecified atom stereocenters. The number of anilines is 2. The van der Waals surface area contributed by atoms with Gasteiger partial charge < -0.3 is 15.7 Å². The predicted octanol–water partition coefficient (Wildman–Crippen LogP) is 2.58. The molecule has 0 aliphatic heterocycles. The normalized spacial score (nSPS) is 11.3. The van der Waals surface area contributed by atoms with Gasteiger partial charge in [-0.3, -0.25) is 0 Å². The molecule has 0 atom stereocenters. The minimum Gasteiger partial charge on any atom is -0.397 e. The summed E-state index contributed by atoms with van der Waals surface area (Å²) in [6.45, 7) is 1.78. The second-order valence-corrected chi connectivity index (χ2v) is 6.19. The van der Waals surface area contributed by atoms with Gasteiger partial charge in [0.05, 0.1) is 11.4 Å². The van der Waals surface area contributed by atoms with Gasteiger partial charge in [0.25, 0.3) is 0 Å². The van der Waals surface area contributed by atoms with E-state index in [4.69, 9.17) is 27.3 Å². The zero-order chi connectivity index (χ0) is 14.9. The third-order valence-corrected chi connectivity index (χ3v) is 4.35. The lowest BCUT2D eigenvalue weighted by Gasteiger charge is -2.09. The standard InChI is InChI=1S/C13H13ClN2O3S/c1-8-2-4-10(7-11(8)14)20(17,18)19-9-3-5-12(15)13(16)6-9/h2-7H,15-16H2,1H3. The highest BCUT2D eigenvalue weighted by Crippen LogP contribution is 2.26. The topological polar surface area (TPSA) is 95.4 Å². The van der Waals surface area contributed by atoms with E-state index >= 15 is 0 Å². The molecular formula is C13H13ClN2O3S. The van der Waals surface area contributed by atoms with Gasteiger partial charge in [0.2, 0.25) is 0 Å². The van der Waals surface area contributed by atoms with E-state index in [1.165, 1.54) is 30.3 Å². The van der Waals surface area contributed by atoms with Crippen molar-refractivity contribution in [2.45, 2.75) is 11.8 Å². The highest BCUT2D eigenvalue weighted by molar-refractivity contribution is 7.87. The molecule has 0 bridgehead atoms. The van der Waals surface area contributed by atoms with Gasteiger partial charge in [0.15, 0.2) is 0 Å². The van der Waals surface area contributed by atoms with Crippen LogP contribution in [-0.2, 0) is 10.1 Å². The van der Waals surface area contributed by atoms with E-state index in [9.17, 15) is 8.42 Å². The molecule has 5 nitrogen and oxygen atoms in total. The number of hydrogen-bond donors (Lipinski definition) is 2. The van der Waals surface area contributed by atoms with Gasteiger partial charge in [0, 0.05) is 11.1 Å². The summed E-state index contributed by atoms with van der Waals surface area (Å²) in [6.07, 6.45) is 0. The first kappa shape index (κ1) is 14.5. The molecule has 7 heteroatoms. The maximum absolute atomic E-state index is 12.1. The molecule has 0 saturated carbocycles. The zero-order valence-corrected chi connectivity index (χ0v) is 12.2. The van der Waals surface area contributed by atoms with E-state index in [0.29, 0.717) is 10.7 Å². The average Bonchev–Trinajstić information content (AvgIpc) is 2.37. The molecule has 106 valence electrons. The smallest absolute Gasteiger partial charge is 0.339 e. The second-order valence-electron chi connectivity index (χ2n) is 4.24. The van der Waals surface area contributed by atoms with Crippen LogP contribution in [-0.4, -0.2) is 8.42 Å². The summed E-state index contributed by atoms with van der Waals surface area (Å²) in [5, 5.41) is 0.353. The molecule has 0 aliphatic carbocycles. The van der Waals surface area contributed by atoms with Crippen LogP contribution in [0.4, 0.5) is 11.4 Å². The Balaban J connectivity index is 2.35. The Labute approximate surface area is 122 Å². The molecule has 4 N–H and O–H groups in total. The Morgan fingerprint density at radius 3 is 2.35 bits per heavy atom. The first-order chi connectivity index (χ1) is 9.29. The quantitative estimate of drug-likeness (QED) is 0.671. The van der Waals surface area contributed by atoms with E-state index < -0.39 is 10.1 Å². The first-order valence-electron chi connectivity index (χ1n) is 5.65. The van der Waals surface area contributed by atoms with Crippen molar-refractivity contribution in [1.82, 2.24) is 0 Å². The van der Waals surface area contributed by atoms with Crippen LogP contribution in [0.15, 0.2) is 41.3 Å². The van der Waals surface area contributed by atoms with Crippen LogP contribution in [0.5, 0.6) is 5.75 Å². The van der Waals surface area contributed by atoms with Crippen LogP contribution in [0.25, 0.3) is 0 Å². The van der Waals surface area contributed by atoms with Crippen molar-refractivity contribution in [3.05, 3.63) is 47.0 Å². The van der Waals surface area contributed by atoms with Crippen molar-refractivity contribution >= 4 is 33.1 Å². The minimum absolute atomic E-state index is 0.0245. The monoisotopic (exact) mass is 312 g/mol. The second kappa shape index (κ2) is 5.22. The van der Waals surface area contributed by atoms with Gasteiger partial charge in [-0.2, -0.15) is 8.42 Å². The molecule has 0 fully saturated rings. The summed E-state index contributed by atoms with van der Waals surface area (Å²) in [4.78, 5) is -0.0245. The summed E-state index contributed by atoms with van der Waals surface area (Å²) < 4.78 is 29.2. The highest BCUT2D eigenvalue weighted by Gasteiger charge is 2.18.